The number of amides is 2. The lowest BCUT2D eigenvalue weighted by molar-refractivity contribution is -0.384. The van der Waals surface area contributed by atoms with Gasteiger partial charge in [0.2, 0.25) is 5.96 Å². The highest BCUT2D eigenvalue weighted by atomic mass is 16.6. The monoisotopic (exact) mass is 296 g/mol. The Morgan fingerprint density at radius 3 is 2.27 bits per heavy atom. The molecule has 0 aromatic heterocycles. The predicted molar refractivity (Wildman–Crippen MR) is 82.3 cm³/mol. The molecule has 0 N–H and O–H groups in total. The predicted octanol–water partition coefficient (Wildman–Crippen LogP) is 3.15. The van der Waals surface area contributed by atoms with Crippen LogP contribution in [0.3, 0.4) is 0 Å². The Hall–Kier alpha value is -3.22. The van der Waals surface area contributed by atoms with Crippen LogP contribution < -0.4 is 4.90 Å². The van der Waals surface area contributed by atoms with Crippen LogP contribution in [0.2, 0.25) is 0 Å². The van der Waals surface area contributed by atoms with Crippen molar-refractivity contribution in [2.45, 2.75) is 0 Å². The highest BCUT2D eigenvalue weighted by Gasteiger charge is 2.39. The second-order valence-corrected chi connectivity index (χ2v) is 4.70. The highest BCUT2D eigenvalue weighted by molar-refractivity contribution is 6.30. The van der Waals surface area contributed by atoms with Gasteiger partial charge in [0.1, 0.15) is 0 Å². The molecule has 7 heteroatoms. The molecule has 0 aliphatic carbocycles. The summed E-state index contributed by atoms with van der Waals surface area (Å²) in [5, 5.41) is 10.7. The summed E-state index contributed by atoms with van der Waals surface area (Å²) < 4.78 is 0. The van der Waals surface area contributed by atoms with E-state index in [1.54, 1.807) is 7.05 Å². The number of nitro benzene ring substituents is 1. The maximum atomic E-state index is 12.0. The van der Waals surface area contributed by atoms with Crippen LogP contribution in [0.4, 0.5) is 21.9 Å². The molecule has 0 saturated carbocycles. The Bertz CT molecular complexity index is 756. The molecule has 1 saturated heterocycles. The van der Waals surface area contributed by atoms with E-state index < -0.39 is 4.92 Å². The minimum atomic E-state index is -0.479. The van der Waals surface area contributed by atoms with Crippen molar-refractivity contribution < 1.29 is 9.72 Å². The molecule has 1 aliphatic rings. The number of anilines is 1. The van der Waals surface area contributed by atoms with Crippen molar-refractivity contribution in [1.82, 2.24) is 4.90 Å². The number of hydrogen-bond acceptors (Lipinski definition) is 4. The third-order valence-electron chi connectivity index (χ3n) is 3.28. The van der Waals surface area contributed by atoms with Gasteiger partial charge in [-0.2, -0.15) is 0 Å². The van der Waals surface area contributed by atoms with E-state index in [1.165, 1.54) is 34.1 Å². The molecule has 0 spiro atoms. The van der Waals surface area contributed by atoms with Crippen LogP contribution in [-0.4, -0.2) is 28.9 Å². The molecule has 0 radical (unpaired) electrons. The largest absolute Gasteiger partial charge is 0.338 e. The summed E-state index contributed by atoms with van der Waals surface area (Å²) >= 11 is 0. The number of carbonyl (C=O) groups excluding carboxylic acids is 1. The molecule has 0 unspecified atom stereocenters. The summed E-state index contributed by atoms with van der Waals surface area (Å²) in [7, 11) is 1.63. The molecular weight excluding hydrogens is 284 g/mol. The maximum absolute atomic E-state index is 12.0. The lowest BCUT2D eigenvalue weighted by Gasteiger charge is -2.40. The summed E-state index contributed by atoms with van der Waals surface area (Å²) in [6.45, 7) is 0. The SMILES string of the molecule is CN1C(=O)N(c2ccc([N+](=O)[O-])cc2)C1=Nc1ccccc1. The van der Waals surface area contributed by atoms with E-state index in [0.717, 1.165) is 5.69 Å². The van der Waals surface area contributed by atoms with E-state index in [1.807, 2.05) is 30.3 Å². The number of rotatable bonds is 3. The number of nitro groups is 1. The summed E-state index contributed by atoms with van der Waals surface area (Å²) in [5.74, 6) is 0.477. The molecule has 110 valence electrons. The van der Waals surface area contributed by atoms with E-state index in [0.29, 0.717) is 11.6 Å². The number of urea groups is 1. The number of benzene rings is 2. The molecule has 7 nitrogen and oxygen atoms in total. The molecule has 0 bridgehead atoms. The van der Waals surface area contributed by atoms with Gasteiger partial charge in [0, 0.05) is 19.2 Å². The molecule has 22 heavy (non-hydrogen) atoms. The Morgan fingerprint density at radius 1 is 1.05 bits per heavy atom. The first-order chi connectivity index (χ1) is 10.6. The molecule has 3 rings (SSSR count). The lowest BCUT2D eigenvalue weighted by atomic mass is 10.2. The van der Waals surface area contributed by atoms with Crippen LogP contribution in [0.1, 0.15) is 0 Å². The first-order valence-corrected chi connectivity index (χ1v) is 6.54. The topological polar surface area (TPSA) is 79.0 Å². The normalized spacial score (nSPS) is 15.9. The molecule has 1 aliphatic heterocycles. The van der Waals surface area contributed by atoms with Gasteiger partial charge in [-0.05, 0) is 24.3 Å². The Balaban J connectivity index is 1.93. The van der Waals surface area contributed by atoms with Crippen molar-refractivity contribution in [2.24, 2.45) is 4.99 Å². The van der Waals surface area contributed by atoms with Crippen LogP contribution in [0.25, 0.3) is 0 Å². The van der Waals surface area contributed by atoms with Gasteiger partial charge in [-0.25, -0.2) is 14.7 Å². The zero-order valence-corrected chi connectivity index (χ0v) is 11.7. The van der Waals surface area contributed by atoms with E-state index >= 15 is 0 Å². The third-order valence-corrected chi connectivity index (χ3v) is 3.28. The molecule has 1 fully saturated rings. The van der Waals surface area contributed by atoms with E-state index in [-0.39, 0.29) is 11.7 Å². The van der Waals surface area contributed by atoms with Crippen molar-refractivity contribution in [1.29, 1.82) is 0 Å². The highest BCUT2D eigenvalue weighted by Crippen LogP contribution is 2.28. The summed E-state index contributed by atoms with van der Waals surface area (Å²) in [6, 6.07) is 14.8. The number of guanidine groups is 1. The van der Waals surface area contributed by atoms with Crippen LogP contribution in [0, 0.1) is 10.1 Å². The number of carbonyl (C=O) groups is 1. The van der Waals surface area contributed by atoms with Crippen molar-refractivity contribution in [3.8, 4) is 0 Å². The summed E-state index contributed by atoms with van der Waals surface area (Å²) in [5.41, 5.74) is 1.25. The third kappa shape index (κ3) is 2.28. The quantitative estimate of drug-likeness (QED) is 0.644. The van der Waals surface area contributed by atoms with Gasteiger partial charge in [-0.1, -0.05) is 18.2 Å². The average Bonchev–Trinajstić information content (AvgIpc) is 2.55. The standard InChI is InChI=1S/C15H12N4O3/c1-17-14(16-11-5-3-2-4-6-11)18(15(17)20)12-7-9-13(10-8-12)19(21)22/h2-10H,1H3. The zero-order chi connectivity index (χ0) is 15.7. The molecule has 2 aromatic rings. The molecular formula is C15H12N4O3. The fourth-order valence-corrected chi connectivity index (χ4v) is 2.12. The molecule has 1 heterocycles. The van der Waals surface area contributed by atoms with Crippen molar-refractivity contribution in [3.63, 3.8) is 0 Å². The maximum Gasteiger partial charge on any atom is 0.338 e. The molecule has 2 amide bonds. The van der Waals surface area contributed by atoms with E-state index in [4.69, 9.17) is 0 Å². The van der Waals surface area contributed by atoms with Gasteiger partial charge in [0.15, 0.2) is 0 Å². The second-order valence-electron chi connectivity index (χ2n) is 4.70. The van der Waals surface area contributed by atoms with Gasteiger partial charge in [-0.3, -0.25) is 15.0 Å². The minimum absolute atomic E-state index is 0.0216. The number of aliphatic imine (C=N–C) groups is 1. The van der Waals surface area contributed by atoms with Gasteiger partial charge < -0.3 is 0 Å². The Kier molecular flexibility index (Phi) is 3.30. The summed E-state index contributed by atoms with van der Waals surface area (Å²) in [4.78, 5) is 29.5. The number of nitrogens with zero attached hydrogens (tertiary/aromatic N) is 4. The number of hydrogen-bond donors (Lipinski definition) is 0. The van der Waals surface area contributed by atoms with Crippen molar-refractivity contribution >= 4 is 29.1 Å². The smallest absolute Gasteiger partial charge is 0.266 e. The Labute approximate surface area is 126 Å². The average molecular weight is 296 g/mol. The fourth-order valence-electron chi connectivity index (χ4n) is 2.12. The first kappa shape index (κ1) is 13.7. The zero-order valence-electron chi connectivity index (χ0n) is 11.7. The van der Waals surface area contributed by atoms with Crippen LogP contribution in [0.15, 0.2) is 59.6 Å². The van der Waals surface area contributed by atoms with Gasteiger partial charge in [-0.15, -0.1) is 0 Å². The first-order valence-electron chi connectivity index (χ1n) is 6.54. The van der Waals surface area contributed by atoms with Gasteiger partial charge >= 0.3 is 6.03 Å². The number of non-ortho nitro benzene ring substituents is 1. The van der Waals surface area contributed by atoms with Crippen molar-refractivity contribution in [3.05, 3.63) is 64.7 Å². The molecule has 2 aromatic carbocycles. The molecule has 0 atom stereocenters. The summed E-state index contributed by atoms with van der Waals surface area (Å²) in [6.07, 6.45) is 0. The minimum Gasteiger partial charge on any atom is -0.266 e. The van der Waals surface area contributed by atoms with Crippen LogP contribution in [0.5, 0.6) is 0 Å². The van der Waals surface area contributed by atoms with Crippen LogP contribution >= 0.6 is 0 Å². The fraction of sp³-hybridized carbons (Fsp3) is 0.0667. The van der Waals surface area contributed by atoms with Gasteiger partial charge in [0.25, 0.3) is 5.69 Å². The van der Waals surface area contributed by atoms with E-state index in [9.17, 15) is 14.9 Å². The number of para-hydroxylation sites is 1. The lowest BCUT2D eigenvalue weighted by Crippen LogP contribution is -2.63. The van der Waals surface area contributed by atoms with E-state index in [2.05, 4.69) is 4.99 Å². The second kappa shape index (κ2) is 5.28. The van der Waals surface area contributed by atoms with Crippen molar-refractivity contribution in [2.75, 3.05) is 11.9 Å². The van der Waals surface area contributed by atoms with Gasteiger partial charge in [0.05, 0.1) is 16.3 Å². The Morgan fingerprint density at radius 2 is 1.68 bits per heavy atom. The van der Waals surface area contributed by atoms with Crippen LogP contribution in [-0.2, 0) is 0 Å².